The van der Waals surface area contributed by atoms with Gasteiger partial charge in [-0.15, -0.1) is 4.68 Å². The standard InChI is InChI=1S/C22H8Cl4F6N8S2/c1-36-20-17(19(35)40(38-20)15-11(25)4-8(5-12(15)26)22(30,31)32)42-41-16-13(6-33)37-39(18(16)34)14-9(23)2-7(3-10(14)24)21(27,28)29/h2-5H,34-35H2. The fourth-order valence-corrected chi connectivity index (χ4v) is 7.02. The second-order valence-corrected chi connectivity index (χ2v) is 11.7. The van der Waals surface area contributed by atoms with Crippen LogP contribution in [-0.2, 0) is 12.4 Å². The highest BCUT2D eigenvalue weighted by Crippen LogP contribution is 2.50. The lowest BCUT2D eigenvalue weighted by Gasteiger charge is -2.13. The number of nitrogen functional groups attached to an aromatic ring is 2. The van der Waals surface area contributed by atoms with Gasteiger partial charge in [0.15, 0.2) is 11.5 Å². The molecule has 2 aromatic heterocycles. The molecule has 0 bridgehead atoms. The maximum Gasteiger partial charge on any atom is 0.416 e. The fourth-order valence-electron chi connectivity index (χ4n) is 3.42. The summed E-state index contributed by atoms with van der Waals surface area (Å²) in [5.74, 6) is -0.771. The Bertz CT molecular complexity index is 1640. The Morgan fingerprint density at radius 3 is 1.52 bits per heavy atom. The van der Waals surface area contributed by atoms with E-state index in [1.807, 2.05) is 0 Å². The van der Waals surface area contributed by atoms with E-state index in [9.17, 15) is 31.6 Å². The van der Waals surface area contributed by atoms with Crippen LogP contribution in [0, 0.1) is 17.9 Å². The number of benzene rings is 2. The van der Waals surface area contributed by atoms with Crippen molar-refractivity contribution >= 4 is 85.4 Å². The van der Waals surface area contributed by atoms with Gasteiger partial charge in [-0.1, -0.05) is 63.8 Å². The van der Waals surface area contributed by atoms with E-state index in [0.717, 1.165) is 31.0 Å². The van der Waals surface area contributed by atoms with Gasteiger partial charge in [0.25, 0.3) is 0 Å². The molecule has 4 rings (SSSR count). The van der Waals surface area contributed by atoms with Crippen LogP contribution in [-0.4, -0.2) is 19.6 Å². The molecular weight excluding hydrogens is 696 g/mol. The van der Waals surface area contributed by atoms with Gasteiger partial charge in [-0.3, -0.25) is 0 Å². The summed E-state index contributed by atoms with van der Waals surface area (Å²) in [7, 11) is 1.56. The predicted octanol–water partition coefficient (Wildman–Crippen LogP) is 9.10. The van der Waals surface area contributed by atoms with Crippen LogP contribution in [0.2, 0.25) is 20.1 Å². The number of nitrogens with zero attached hydrogens (tertiary/aromatic N) is 6. The Kier molecular flexibility index (Phi) is 8.72. The molecule has 218 valence electrons. The molecule has 4 aromatic rings. The molecule has 0 aliphatic carbocycles. The molecule has 42 heavy (non-hydrogen) atoms. The number of hydrogen-bond acceptors (Lipinski definition) is 7. The van der Waals surface area contributed by atoms with Crippen molar-refractivity contribution in [2.45, 2.75) is 22.1 Å². The van der Waals surface area contributed by atoms with Crippen LogP contribution in [0.4, 0.5) is 43.8 Å². The smallest absolute Gasteiger partial charge is 0.383 e. The number of nitrogens with two attached hydrogens (primary N) is 2. The first-order valence-electron chi connectivity index (χ1n) is 10.5. The summed E-state index contributed by atoms with van der Waals surface area (Å²) in [4.78, 5) is 3.28. The van der Waals surface area contributed by atoms with Crippen molar-refractivity contribution in [3.05, 3.63) is 72.6 Å². The summed E-state index contributed by atoms with van der Waals surface area (Å²) < 4.78 is 80.7. The van der Waals surface area contributed by atoms with Crippen LogP contribution in [0.15, 0.2) is 34.1 Å². The number of anilines is 2. The number of alkyl halides is 6. The first kappa shape index (κ1) is 31.8. The average Bonchev–Trinajstić information content (AvgIpc) is 3.36. The molecule has 0 amide bonds. The second-order valence-electron chi connectivity index (χ2n) is 7.89. The van der Waals surface area contributed by atoms with Crippen molar-refractivity contribution in [2.24, 2.45) is 0 Å². The first-order chi connectivity index (χ1) is 19.5. The molecular formula is C22H8Cl4F6N8S2. The van der Waals surface area contributed by atoms with Gasteiger partial charge >= 0.3 is 18.2 Å². The highest BCUT2D eigenvalue weighted by molar-refractivity contribution is 8.76. The third-order valence-electron chi connectivity index (χ3n) is 5.27. The molecule has 0 unspecified atom stereocenters. The topological polar surface area (TPSA) is 116 Å². The monoisotopic (exact) mass is 702 g/mol. The largest absolute Gasteiger partial charge is 0.416 e. The molecule has 0 saturated carbocycles. The Labute approximate surface area is 259 Å². The Hall–Kier alpha value is -3.12. The predicted molar refractivity (Wildman–Crippen MR) is 149 cm³/mol. The van der Waals surface area contributed by atoms with Crippen LogP contribution in [0.25, 0.3) is 16.2 Å². The molecule has 2 heterocycles. The zero-order valence-corrected chi connectivity index (χ0v) is 24.4. The normalized spacial score (nSPS) is 11.9. The molecule has 0 fully saturated rings. The molecule has 0 radical (unpaired) electrons. The zero-order valence-electron chi connectivity index (χ0n) is 19.7. The minimum atomic E-state index is -4.74. The minimum absolute atomic E-state index is 0.00297. The van der Waals surface area contributed by atoms with Crippen LogP contribution >= 0.6 is 68.0 Å². The third-order valence-corrected chi connectivity index (χ3v) is 8.88. The summed E-state index contributed by atoms with van der Waals surface area (Å²) >= 11 is 24.3. The van der Waals surface area contributed by atoms with Gasteiger partial charge in [-0.05, 0) is 40.2 Å². The van der Waals surface area contributed by atoms with E-state index in [1.54, 1.807) is 6.07 Å². The van der Waals surface area contributed by atoms with Gasteiger partial charge in [0.2, 0.25) is 0 Å². The summed E-state index contributed by atoms with van der Waals surface area (Å²) in [6.45, 7) is 7.46. The third kappa shape index (κ3) is 5.88. The van der Waals surface area contributed by atoms with Crippen molar-refractivity contribution in [1.29, 1.82) is 5.26 Å². The summed E-state index contributed by atoms with van der Waals surface area (Å²) in [6.07, 6.45) is -9.48. The molecule has 20 heteroatoms. The van der Waals surface area contributed by atoms with Gasteiger partial charge in [-0.25, -0.2) is 4.68 Å². The molecule has 0 saturated heterocycles. The maximum absolute atomic E-state index is 13.1. The number of rotatable bonds is 5. The van der Waals surface area contributed by atoms with E-state index in [2.05, 4.69) is 15.0 Å². The van der Waals surface area contributed by atoms with Crippen molar-refractivity contribution in [3.63, 3.8) is 0 Å². The van der Waals surface area contributed by atoms with Gasteiger partial charge in [0, 0.05) is 0 Å². The van der Waals surface area contributed by atoms with E-state index < -0.39 is 43.6 Å². The lowest BCUT2D eigenvalue weighted by molar-refractivity contribution is -0.138. The van der Waals surface area contributed by atoms with Crippen LogP contribution in [0.3, 0.4) is 0 Å². The SMILES string of the molecule is [C-]#[N+]c1nn(-c2c(Cl)cc(C(F)(F)F)cc2Cl)c(N)c1SSc1c(C#N)nn(-c2c(Cl)cc(C(F)(F)F)cc2Cl)c1N. The van der Waals surface area contributed by atoms with Gasteiger partial charge in [-0.2, -0.15) is 36.7 Å². The summed E-state index contributed by atoms with van der Waals surface area (Å²) in [5.41, 5.74) is 9.38. The van der Waals surface area contributed by atoms with E-state index in [-0.39, 0.29) is 44.3 Å². The zero-order chi connectivity index (χ0) is 31.3. The molecule has 8 nitrogen and oxygen atoms in total. The molecule has 2 aromatic carbocycles. The molecule has 0 aliphatic rings. The van der Waals surface area contributed by atoms with Crippen molar-refractivity contribution in [1.82, 2.24) is 19.6 Å². The molecule has 0 aliphatic heterocycles. The second kappa shape index (κ2) is 11.5. The lowest BCUT2D eigenvalue weighted by atomic mass is 10.2. The van der Waals surface area contributed by atoms with Crippen molar-refractivity contribution in [3.8, 4) is 17.4 Å². The minimum Gasteiger partial charge on any atom is -0.383 e. The Morgan fingerprint density at radius 1 is 0.762 bits per heavy atom. The number of nitriles is 1. The highest BCUT2D eigenvalue weighted by Gasteiger charge is 2.35. The summed E-state index contributed by atoms with van der Waals surface area (Å²) in [5, 5.41) is 15.8. The molecule has 0 atom stereocenters. The number of hydrogen-bond donors (Lipinski definition) is 2. The van der Waals surface area contributed by atoms with E-state index in [4.69, 9.17) is 64.4 Å². The van der Waals surface area contributed by atoms with E-state index >= 15 is 0 Å². The van der Waals surface area contributed by atoms with E-state index in [0.29, 0.717) is 24.3 Å². The fraction of sp³-hybridized carbons (Fsp3) is 0.0909. The average molecular weight is 704 g/mol. The Morgan fingerprint density at radius 2 is 1.14 bits per heavy atom. The van der Waals surface area contributed by atoms with Crippen LogP contribution < -0.4 is 11.5 Å². The molecule has 4 N–H and O–H groups in total. The van der Waals surface area contributed by atoms with Crippen molar-refractivity contribution < 1.29 is 26.3 Å². The quantitative estimate of drug-likeness (QED) is 0.121. The van der Waals surface area contributed by atoms with Gasteiger partial charge in [0.05, 0.1) is 41.0 Å². The van der Waals surface area contributed by atoms with Gasteiger partial charge in [0.1, 0.15) is 23.3 Å². The number of aromatic nitrogens is 4. The van der Waals surface area contributed by atoms with Crippen LogP contribution in [0.1, 0.15) is 16.8 Å². The van der Waals surface area contributed by atoms with Crippen LogP contribution in [0.5, 0.6) is 0 Å². The highest BCUT2D eigenvalue weighted by atomic mass is 35.5. The first-order valence-corrected chi connectivity index (χ1v) is 14.2. The lowest BCUT2D eigenvalue weighted by Crippen LogP contribution is -2.08. The number of halogens is 10. The van der Waals surface area contributed by atoms with E-state index in [1.165, 1.54) is 0 Å². The Balaban J connectivity index is 1.74. The van der Waals surface area contributed by atoms with Crippen molar-refractivity contribution in [2.75, 3.05) is 11.5 Å². The van der Waals surface area contributed by atoms with Gasteiger partial charge < -0.3 is 16.3 Å². The molecule has 0 spiro atoms. The maximum atomic E-state index is 13.1. The summed E-state index contributed by atoms with van der Waals surface area (Å²) in [6, 6.07) is 4.27.